The average Bonchev–Trinajstić information content (AvgIpc) is 3.01. The second-order valence-electron chi connectivity index (χ2n) is 7.09. The number of hydrogen-bond acceptors (Lipinski definition) is 2. The fourth-order valence-corrected chi connectivity index (χ4v) is 3.28. The van der Waals surface area contributed by atoms with Gasteiger partial charge in [-0.3, -0.25) is 9.48 Å². The van der Waals surface area contributed by atoms with Crippen molar-refractivity contribution in [2.75, 3.05) is 0 Å². The topological polar surface area (TPSA) is 62.7 Å². The molecule has 1 aliphatic rings. The standard InChI is InChI=1S/C19H21ClN4O/c1-19(4-5-19)18(25)21-12-15-9-14-10-16(20)13(11-17(14)23-15)3-8-24-7-2-6-22-24/h2,6-7,9-11,23H,3-5,8,12H2,1H3,(H,21,25). The molecule has 2 heterocycles. The molecule has 6 heteroatoms. The zero-order valence-corrected chi connectivity index (χ0v) is 14.9. The third kappa shape index (κ3) is 3.42. The summed E-state index contributed by atoms with van der Waals surface area (Å²) in [4.78, 5) is 15.5. The number of carbonyl (C=O) groups excluding carboxylic acids is 1. The van der Waals surface area contributed by atoms with Gasteiger partial charge < -0.3 is 10.3 Å². The zero-order valence-electron chi connectivity index (χ0n) is 14.2. The van der Waals surface area contributed by atoms with Crippen LogP contribution in [0.4, 0.5) is 0 Å². The Bertz CT molecular complexity index is 909. The van der Waals surface area contributed by atoms with E-state index in [9.17, 15) is 4.79 Å². The molecule has 1 saturated carbocycles. The molecule has 0 atom stereocenters. The number of aryl methyl sites for hydroxylation is 2. The van der Waals surface area contributed by atoms with E-state index in [1.54, 1.807) is 6.20 Å². The highest BCUT2D eigenvalue weighted by molar-refractivity contribution is 6.32. The van der Waals surface area contributed by atoms with Crippen LogP contribution in [0.1, 0.15) is 31.0 Å². The van der Waals surface area contributed by atoms with Crippen LogP contribution < -0.4 is 5.32 Å². The van der Waals surface area contributed by atoms with Crippen molar-refractivity contribution in [3.05, 3.63) is 52.9 Å². The van der Waals surface area contributed by atoms with Crippen molar-refractivity contribution < 1.29 is 4.79 Å². The van der Waals surface area contributed by atoms with Gasteiger partial charge >= 0.3 is 0 Å². The van der Waals surface area contributed by atoms with Gasteiger partial charge in [-0.1, -0.05) is 18.5 Å². The monoisotopic (exact) mass is 356 g/mol. The fourth-order valence-electron chi connectivity index (χ4n) is 3.02. The van der Waals surface area contributed by atoms with E-state index in [1.807, 2.05) is 36.0 Å². The summed E-state index contributed by atoms with van der Waals surface area (Å²) in [7, 11) is 0. The minimum atomic E-state index is -0.144. The lowest BCUT2D eigenvalue weighted by molar-refractivity contribution is -0.125. The van der Waals surface area contributed by atoms with E-state index in [2.05, 4.69) is 21.5 Å². The molecular weight excluding hydrogens is 336 g/mol. The van der Waals surface area contributed by atoms with Crippen LogP contribution in [0, 0.1) is 5.41 Å². The van der Waals surface area contributed by atoms with Gasteiger partial charge in [-0.15, -0.1) is 0 Å². The molecule has 0 aliphatic heterocycles. The predicted octanol–water partition coefficient (Wildman–Crippen LogP) is 3.68. The van der Waals surface area contributed by atoms with Crippen LogP contribution in [0.15, 0.2) is 36.7 Å². The number of halogens is 1. The third-order valence-electron chi connectivity index (χ3n) is 5.00. The highest BCUT2D eigenvalue weighted by Gasteiger charge is 2.44. The summed E-state index contributed by atoms with van der Waals surface area (Å²) in [6.45, 7) is 3.32. The minimum absolute atomic E-state index is 0.143. The number of benzene rings is 1. The number of H-pyrrole nitrogens is 1. The van der Waals surface area contributed by atoms with Crippen molar-refractivity contribution in [2.24, 2.45) is 5.41 Å². The van der Waals surface area contributed by atoms with Crippen LogP contribution >= 0.6 is 11.6 Å². The van der Waals surface area contributed by atoms with Crippen molar-refractivity contribution in [2.45, 2.75) is 39.3 Å². The van der Waals surface area contributed by atoms with E-state index in [1.165, 1.54) is 0 Å². The van der Waals surface area contributed by atoms with E-state index >= 15 is 0 Å². The van der Waals surface area contributed by atoms with Crippen LogP contribution in [0.5, 0.6) is 0 Å². The van der Waals surface area contributed by atoms with Gasteiger partial charge in [-0.2, -0.15) is 5.10 Å². The fraction of sp³-hybridized carbons (Fsp3) is 0.368. The second-order valence-corrected chi connectivity index (χ2v) is 7.50. The summed E-state index contributed by atoms with van der Waals surface area (Å²) in [5.74, 6) is 0.143. The smallest absolute Gasteiger partial charge is 0.226 e. The van der Waals surface area contributed by atoms with Gasteiger partial charge in [0, 0.05) is 46.0 Å². The van der Waals surface area contributed by atoms with Crippen molar-refractivity contribution >= 4 is 28.4 Å². The minimum Gasteiger partial charge on any atom is -0.357 e. The maximum atomic E-state index is 12.1. The van der Waals surface area contributed by atoms with Crippen LogP contribution in [-0.2, 0) is 24.3 Å². The molecule has 0 spiro atoms. The molecule has 2 N–H and O–H groups in total. The number of nitrogens with zero attached hydrogens (tertiary/aromatic N) is 2. The number of nitrogens with one attached hydrogen (secondary N) is 2. The van der Waals surface area contributed by atoms with Crippen molar-refractivity contribution in [3.8, 4) is 0 Å². The second kappa shape index (κ2) is 6.23. The van der Waals surface area contributed by atoms with Gasteiger partial charge in [0.1, 0.15) is 0 Å². The van der Waals surface area contributed by atoms with Gasteiger partial charge in [0.15, 0.2) is 0 Å². The zero-order chi connectivity index (χ0) is 17.4. The lowest BCUT2D eigenvalue weighted by atomic mass is 10.1. The van der Waals surface area contributed by atoms with E-state index < -0.39 is 0 Å². The molecule has 5 nitrogen and oxygen atoms in total. The van der Waals surface area contributed by atoms with Gasteiger partial charge in [-0.25, -0.2) is 0 Å². The molecule has 1 fully saturated rings. The van der Waals surface area contributed by atoms with Gasteiger partial charge in [0.05, 0.1) is 6.54 Å². The van der Waals surface area contributed by atoms with Crippen LogP contribution in [0.2, 0.25) is 5.02 Å². The normalized spacial score (nSPS) is 15.4. The quantitative estimate of drug-likeness (QED) is 0.707. The molecular formula is C19H21ClN4O. The molecule has 1 aromatic carbocycles. The Labute approximate surface area is 151 Å². The first kappa shape index (κ1) is 16.2. The number of hydrogen-bond donors (Lipinski definition) is 2. The molecule has 0 bridgehead atoms. The number of aromatic amines is 1. The molecule has 130 valence electrons. The Balaban J connectivity index is 1.47. The van der Waals surface area contributed by atoms with Crippen molar-refractivity contribution in [1.82, 2.24) is 20.1 Å². The lowest BCUT2D eigenvalue weighted by Crippen LogP contribution is -2.29. The number of fused-ring (bicyclic) bond motifs is 1. The highest BCUT2D eigenvalue weighted by Crippen LogP contribution is 2.45. The van der Waals surface area contributed by atoms with Crippen LogP contribution in [0.3, 0.4) is 0 Å². The number of aromatic nitrogens is 3. The Morgan fingerprint density at radius 2 is 2.24 bits per heavy atom. The van der Waals surface area contributed by atoms with Crippen molar-refractivity contribution in [3.63, 3.8) is 0 Å². The molecule has 25 heavy (non-hydrogen) atoms. The Morgan fingerprint density at radius 1 is 1.40 bits per heavy atom. The summed E-state index contributed by atoms with van der Waals surface area (Å²) in [6, 6.07) is 8.04. The van der Waals surface area contributed by atoms with E-state index in [4.69, 9.17) is 11.6 Å². The van der Waals surface area contributed by atoms with Gasteiger partial charge in [0.2, 0.25) is 5.91 Å². The number of carbonyl (C=O) groups is 1. The first-order valence-electron chi connectivity index (χ1n) is 8.59. The summed E-state index contributed by atoms with van der Waals surface area (Å²) in [5.41, 5.74) is 2.98. The number of amides is 1. The van der Waals surface area contributed by atoms with E-state index in [-0.39, 0.29) is 11.3 Å². The van der Waals surface area contributed by atoms with E-state index in [0.717, 1.165) is 53.0 Å². The Kier molecular flexibility index (Phi) is 4.04. The summed E-state index contributed by atoms with van der Waals surface area (Å²) < 4.78 is 1.90. The predicted molar refractivity (Wildman–Crippen MR) is 98.4 cm³/mol. The first-order chi connectivity index (χ1) is 12.0. The summed E-state index contributed by atoms with van der Waals surface area (Å²) in [6.07, 6.45) is 6.52. The molecule has 4 rings (SSSR count). The van der Waals surface area contributed by atoms with Crippen LogP contribution in [0.25, 0.3) is 10.9 Å². The molecule has 3 aromatic rings. The maximum Gasteiger partial charge on any atom is 0.226 e. The first-order valence-corrected chi connectivity index (χ1v) is 8.97. The van der Waals surface area contributed by atoms with Crippen molar-refractivity contribution in [1.29, 1.82) is 0 Å². The third-order valence-corrected chi connectivity index (χ3v) is 5.35. The molecule has 0 radical (unpaired) electrons. The summed E-state index contributed by atoms with van der Waals surface area (Å²) >= 11 is 6.43. The summed E-state index contributed by atoms with van der Waals surface area (Å²) in [5, 5.41) is 9.07. The Morgan fingerprint density at radius 3 is 2.96 bits per heavy atom. The molecule has 1 aliphatic carbocycles. The maximum absolute atomic E-state index is 12.1. The molecule has 1 amide bonds. The highest BCUT2D eigenvalue weighted by atomic mass is 35.5. The average molecular weight is 357 g/mol. The molecule has 2 aromatic heterocycles. The van der Waals surface area contributed by atoms with E-state index in [0.29, 0.717) is 6.54 Å². The number of rotatable bonds is 6. The lowest BCUT2D eigenvalue weighted by Gasteiger charge is -2.08. The molecule has 0 unspecified atom stereocenters. The van der Waals surface area contributed by atoms with Gasteiger partial charge in [0.25, 0.3) is 0 Å². The van der Waals surface area contributed by atoms with Crippen LogP contribution in [-0.4, -0.2) is 20.7 Å². The molecule has 0 saturated heterocycles. The van der Waals surface area contributed by atoms with Gasteiger partial charge in [-0.05, 0) is 49.1 Å². The largest absolute Gasteiger partial charge is 0.357 e. The SMILES string of the molecule is CC1(C(=O)NCc2cc3cc(Cl)c(CCn4cccn4)cc3[nH]2)CC1. The Hall–Kier alpha value is -2.27.